The number of benzene rings is 9. The zero-order chi connectivity index (χ0) is 48.9. The Morgan fingerprint density at radius 3 is 1.17 bits per heavy atom. The minimum Gasteiger partial charge on any atom is -0.307 e. The lowest BCUT2D eigenvalue weighted by Gasteiger charge is -2.20. The minimum absolute atomic E-state index is 0.410. The van der Waals surface area contributed by atoms with Crippen LogP contribution in [-0.2, 0) is 0 Å². The summed E-state index contributed by atoms with van der Waals surface area (Å²) in [5.74, 6) is 0. The van der Waals surface area contributed by atoms with Crippen molar-refractivity contribution in [3.8, 4) is 97.6 Å². The van der Waals surface area contributed by atoms with Crippen LogP contribution in [0.15, 0.2) is 206 Å². The van der Waals surface area contributed by atoms with Crippen LogP contribution in [-0.4, -0.2) is 14.1 Å². The summed E-state index contributed by atoms with van der Waals surface area (Å²) < 4.78 is 4.49. The van der Waals surface area contributed by atoms with E-state index in [1.54, 1.807) is 24.3 Å². The molecule has 0 fully saturated rings. The smallest absolute Gasteiger partial charge is 0.0998 e. The lowest BCUT2D eigenvalue weighted by molar-refractivity contribution is 1.09. The largest absolute Gasteiger partial charge is 0.307 e. The molecule has 0 unspecified atom stereocenters. The van der Waals surface area contributed by atoms with E-state index in [1.165, 1.54) is 0 Å². The van der Waals surface area contributed by atoms with Crippen LogP contribution in [0.1, 0.15) is 27.8 Å². The Bertz CT molecular complexity index is 4390. The summed E-state index contributed by atoms with van der Waals surface area (Å²) in [6.45, 7) is 0. The van der Waals surface area contributed by atoms with Crippen LogP contribution in [0.4, 0.5) is 0 Å². The highest BCUT2D eigenvalue weighted by Gasteiger charge is 2.24. The Morgan fingerprint density at radius 2 is 0.708 bits per heavy atom. The molecule has 0 bridgehead atoms. The predicted molar refractivity (Wildman–Crippen MR) is 284 cm³/mol. The van der Waals surface area contributed by atoms with Crippen LogP contribution < -0.4 is 0 Å². The summed E-state index contributed by atoms with van der Waals surface area (Å²) in [5.41, 5.74) is 15.4. The third-order valence-electron chi connectivity index (χ3n) is 13.5. The monoisotopic (exact) mass is 914 g/mol. The third kappa shape index (κ3) is 7.00. The molecular weight excluding hydrogens is 881 g/mol. The summed E-state index contributed by atoms with van der Waals surface area (Å²) in [6, 6.07) is 79.1. The highest BCUT2D eigenvalue weighted by molar-refractivity contribution is 6.13. The molecule has 0 amide bonds. The van der Waals surface area contributed by atoms with Gasteiger partial charge in [0.2, 0.25) is 0 Å². The molecule has 72 heavy (non-hydrogen) atoms. The maximum atomic E-state index is 11.4. The highest BCUT2D eigenvalue weighted by atomic mass is 15.1. The quantitative estimate of drug-likeness (QED) is 0.156. The molecule has 0 atom stereocenters. The van der Waals surface area contributed by atoms with Crippen molar-refractivity contribution in [3.05, 3.63) is 234 Å². The van der Waals surface area contributed by atoms with Gasteiger partial charge in [0.1, 0.15) is 0 Å². The fourth-order valence-corrected chi connectivity index (χ4v) is 10.2. The Kier molecular flexibility index (Phi) is 10.3. The molecule has 0 aliphatic carbocycles. The van der Waals surface area contributed by atoms with Gasteiger partial charge in [0, 0.05) is 38.2 Å². The number of aromatic nitrogens is 3. The minimum atomic E-state index is 0.410. The number of nitrogens with zero attached hydrogens (tertiary/aromatic N) is 8. The number of rotatable bonds is 7. The normalized spacial score (nSPS) is 11.0. The molecule has 0 aliphatic rings. The number of fused-ring (bicyclic) bond motifs is 6. The van der Waals surface area contributed by atoms with E-state index in [1.807, 2.05) is 115 Å². The second-order valence-electron chi connectivity index (χ2n) is 17.5. The van der Waals surface area contributed by atoms with Crippen molar-refractivity contribution in [2.45, 2.75) is 0 Å². The van der Waals surface area contributed by atoms with Crippen LogP contribution in [0.3, 0.4) is 0 Å². The van der Waals surface area contributed by atoms with Gasteiger partial charge in [-0.25, -0.2) is 4.98 Å². The first-order valence-corrected chi connectivity index (χ1v) is 23.1. The van der Waals surface area contributed by atoms with E-state index < -0.39 is 0 Å². The summed E-state index contributed by atoms with van der Waals surface area (Å²) in [5, 5.41) is 54.9. The van der Waals surface area contributed by atoms with E-state index in [0.717, 1.165) is 111 Å². The molecule has 8 nitrogen and oxygen atoms in total. The van der Waals surface area contributed by atoms with Gasteiger partial charge in [-0.15, -0.1) is 0 Å². The molecule has 12 rings (SSSR count). The fourth-order valence-electron chi connectivity index (χ4n) is 10.2. The third-order valence-corrected chi connectivity index (χ3v) is 13.5. The van der Waals surface area contributed by atoms with E-state index in [0.29, 0.717) is 27.8 Å². The van der Waals surface area contributed by atoms with Crippen molar-refractivity contribution in [2.75, 3.05) is 0 Å². The molecule has 0 saturated heterocycles. The van der Waals surface area contributed by atoms with Crippen LogP contribution in [0.2, 0.25) is 0 Å². The average molecular weight is 915 g/mol. The van der Waals surface area contributed by atoms with Gasteiger partial charge >= 0.3 is 0 Å². The SMILES string of the molecule is N#Cc1ccc(-c2ccc3c(c2)c2ccccc2n3-c2cc(C#N)c(-c3cc(-c4ccccc4)nc(-c4ccccc4)c3)cc2-n2c3ccccc3c3cc(-c4ccc(C#N)cc4C#N)ccc32)c(C#N)c1. The first kappa shape index (κ1) is 42.5. The van der Waals surface area contributed by atoms with Gasteiger partial charge in [0.25, 0.3) is 0 Å². The van der Waals surface area contributed by atoms with Crippen LogP contribution in [0, 0.1) is 56.7 Å². The predicted octanol–water partition coefficient (Wildman–Crippen LogP) is 15.0. The van der Waals surface area contributed by atoms with E-state index in [4.69, 9.17) is 4.98 Å². The Hall–Kier alpha value is -10.8. The van der Waals surface area contributed by atoms with Crippen molar-refractivity contribution < 1.29 is 0 Å². The second kappa shape index (κ2) is 17.4. The summed E-state index contributed by atoms with van der Waals surface area (Å²) in [6.07, 6.45) is 0. The van der Waals surface area contributed by atoms with Gasteiger partial charge < -0.3 is 9.13 Å². The summed E-state index contributed by atoms with van der Waals surface area (Å²) in [4.78, 5) is 5.18. The first-order valence-electron chi connectivity index (χ1n) is 23.1. The van der Waals surface area contributed by atoms with Crippen molar-refractivity contribution in [3.63, 3.8) is 0 Å². The van der Waals surface area contributed by atoms with Crippen LogP contribution in [0.5, 0.6) is 0 Å². The Labute approximate surface area is 413 Å². The lowest BCUT2D eigenvalue weighted by Crippen LogP contribution is -2.05. The molecule has 330 valence electrons. The molecule has 0 aliphatic heterocycles. The van der Waals surface area contributed by atoms with Gasteiger partial charge in [0.15, 0.2) is 0 Å². The average Bonchev–Trinajstić information content (AvgIpc) is 3.96. The zero-order valence-electron chi connectivity index (χ0n) is 38.2. The molecule has 8 heteroatoms. The number of nitriles is 5. The standard InChI is InChI=1S/C64H34N8/c65-35-40-19-23-50(47(27-40)37-67)44-21-25-61-55(29-44)52-15-7-9-17-59(52)71(61)63-33-49(39-69)54(46-31-57(42-11-3-1-4-12-42)70-58(32-46)43-13-5-2-6-14-43)34-64(63)72-60-18-10-8-16-53(60)56-30-45(22-26-62(56)72)51-24-20-41(36-66)28-48(51)38-68/h1-34H. The van der Waals surface area contributed by atoms with Crippen molar-refractivity contribution in [1.82, 2.24) is 14.1 Å². The van der Waals surface area contributed by atoms with E-state index >= 15 is 0 Å². The number of hydrogen-bond donors (Lipinski definition) is 0. The Balaban J connectivity index is 1.18. The van der Waals surface area contributed by atoms with Gasteiger partial charge in [-0.1, -0.05) is 121 Å². The Morgan fingerprint density at radius 1 is 0.292 bits per heavy atom. The second-order valence-corrected chi connectivity index (χ2v) is 17.5. The molecule has 9 aromatic carbocycles. The topological polar surface area (TPSA) is 142 Å². The van der Waals surface area contributed by atoms with Crippen molar-refractivity contribution in [2.24, 2.45) is 0 Å². The van der Waals surface area contributed by atoms with E-state index in [-0.39, 0.29) is 0 Å². The number of pyridine rings is 1. The van der Waals surface area contributed by atoms with Gasteiger partial charge in [-0.3, -0.25) is 0 Å². The highest BCUT2D eigenvalue weighted by Crippen LogP contribution is 2.44. The van der Waals surface area contributed by atoms with E-state index in [9.17, 15) is 26.3 Å². The molecule has 3 aromatic heterocycles. The van der Waals surface area contributed by atoms with Crippen LogP contribution in [0.25, 0.3) is 111 Å². The zero-order valence-corrected chi connectivity index (χ0v) is 38.2. The van der Waals surface area contributed by atoms with Crippen LogP contribution >= 0.6 is 0 Å². The molecular formula is C64H34N8. The molecule has 0 radical (unpaired) electrons. The molecule has 12 aromatic rings. The maximum absolute atomic E-state index is 11.4. The van der Waals surface area contributed by atoms with Gasteiger partial charge in [0.05, 0.1) is 103 Å². The lowest BCUT2D eigenvalue weighted by atomic mass is 9.95. The number of para-hydroxylation sites is 2. The van der Waals surface area contributed by atoms with Crippen molar-refractivity contribution >= 4 is 43.6 Å². The molecule has 0 saturated carbocycles. The summed E-state index contributed by atoms with van der Waals surface area (Å²) in [7, 11) is 0. The van der Waals surface area contributed by atoms with Gasteiger partial charge in [-0.05, 0) is 113 Å². The first-order chi connectivity index (χ1) is 35.5. The molecule has 3 heterocycles. The van der Waals surface area contributed by atoms with Gasteiger partial charge in [-0.2, -0.15) is 26.3 Å². The van der Waals surface area contributed by atoms with Crippen molar-refractivity contribution in [1.29, 1.82) is 26.3 Å². The van der Waals surface area contributed by atoms with E-state index in [2.05, 4.69) is 106 Å². The molecule has 0 N–H and O–H groups in total. The fraction of sp³-hybridized carbons (Fsp3) is 0. The molecule has 0 spiro atoms. The maximum Gasteiger partial charge on any atom is 0.0998 e. The summed E-state index contributed by atoms with van der Waals surface area (Å²) >= 11 is 0. The number of hydrogen-bond acceptors (Lipinski definition) is 6.